The van der Waals surface area contributed by atoms with Crippen LogP contribution in [0.4, 0.5) is 0 Å². The Morgan fingerprint density at radius 3 is 2.00 bits per heavy atom. The number of thiol groups is 1. The van der Waals surface area contributed by atoms with Crippen LogP contribution in [0.25, 0.3) is 0 Å². The Hall–Kier alpha value is -0.510. The molecule has 3 nitrogen and oxygen atoms in total. The molecule has 1 aliphatic heterocycles. The average Bonchev–Trinajstić information content (AvgIpc) is 2.99. The first-order valence-electron chi connectivity index (χ1n) is 7.89. The van der Waals surface area contributed by atoms with Gasteiger partial charge in [0.05, 0.1) is 11.8 Å². The molecule has 3 fully saturated rings. The number of hydrogen-bond acceptors (Lipinski definition) is 3. The Labute approximate surface area is 126 Å². The second-order valence-corrected chi connectivity index (χ2v) is 7.93. The molecular formula is C16H25NO2S. The van der Waals surface area contributed by atoms with Crippen molar-refractivity contribution >= 4 is 24.4 Å². The van der Waals surface area contributed by atoms with Crippen molar-refractivity contribution in [2.75, 3.05) is 12.3 Å². The highest BCUT2D eigenvalue weighted by Crippen LogP contribution is 2.63. The Balaban J connectivity index is 1.74. The minimum atomic E-state index is -0.0950. The molecular weight excluding hydrogens is 270 g/mol. The van der Waals surface area contributed by atoms with Gasteiger partial charge in [-0.3, -0.25) is 14.5 Å². The fourth-order valence-electron chi connectivity index (χ4n) is 4.34. The number of nitrogens with zero attached hydrogens (tertiary/aromatic N) is 1. The van der Waals surface area contributed by atoms with E-state index in [2.05, 4.69) is 12.6 Å². The van der Waals surface area contributed by atoms with Crippen LogP contribution >= 0.6 is 12.6 Å². The molecule has 4 heteroatoms. The summed E-state index contributed by atoms with van der Waals surface area (Å²) in [5.74, 6) is 0.851. The summed E-state index contributed by atoms with van der Waals surface area (Å²) in [6.45, 7) is 4.68. The van der Waals surface area contributed by atoms with Gasteiger partial charge < -0.3 is 0 Å². The first kappa shape index (κ1) is 14.4. The predicted molar refractivity (Wildman–Crippen MR) is 81.5 cm³/mol. The molecule has 0 spiro atoms. The van der Waals surface area contributed by atoms with Gasteiger partial charge in [-0.2, -0.15) is 12.6 Å². The van der Waals surface area contributed by atoms with Crippen LogP contribution in [0.1, 0.15) is 52.4 Å². The van der Waals surface area contributed by atoms with Crippen molar-refractivity contribution in [3.8, 4) is 0 Å². The molecule has 2 aliphatic carbocycles. The van der Waals surface area contributed by atoms with E-state index >= 15 is 0 Å². The van der Waals surface area contributed by atoms with Crippen LogP contribution in [0.2, 0.25) is 0 Å². The van der Waals surface area contributed by atoms with Gasteiger partial charge in [-0.25, -0.2) is 0 Å². The normalized spacial score (nSPS) is 34.9. The summed E-state index contributed by atoms with van der Waals surface area (Å²) < 4.78 is 0. The highest BCUT2D eigenvalue weighted by Gasteiger charge is 2.72. The molecule has 0 aromatic rings. The lowest BCUT2D eigenvalue weighted by molar-refractivity contribution is -0.145. The number of rotatable bonds is 3. The zero-order valence-electron chi connectivity index (χ0n) is 12.5. The third-order valence-corrected chi connectivity index (χ3v) is 6.56. The Morgan fingerprint density at radius 2 is 1.55 bits per heavy atom. The van der Waals surface area contributed by atoms with Crippen molar-refractivity contribution in [2.45, 2.75) is 52.4 Å². The van der Waals surface area contributed by atoms with Gasteiger partial charge in [-0.05, 0) is 29.4 Å². The molecule has 3 rings (SSSR count). The van der Waals surface area contributed by atoms with Gasteiger partial charge >= 0.3 is 0 Å². The van der Waals surface area contributed by atoms with Gasteiger partial charge in [0.15, 0.2) is 0 Å². The number of hydrogen-bond donors (Lipinski definition) is 1. The van der Waals surface area contributed by atoms with Crippen LogP contribution in [0.5, 0.6) is 0 Å². The van der Waals surface area contributed by atoms with E-state index < -0.39 is 0 Å². The molecule has 0 bridgehead atoms. The molecule has 0 aromatic carbocycles. The van der Waals surface area contributed by atoms with Crippen molar-refractivity contribution < 1.29 is 9.59 Å². The van der Waals surface area contributed by atoms with Crippen LogP contribution in [0, 0.1) is 22.7 Å². The lowest BCUT2D eigenvalue weighted by Crippen LogP contribution is -2.45. The Morgan fingerprint density at radius 1 is 1.05 bits per heavy atom. The summed E-state index contributed by atoms with van der Waals surface area (Å²) in [6.07, 6.45) is 7.16. The number of amides is 2. The highest BCUT2D eigenvalue weighted by atomic mass is 32.1. The summed E-state index contributed by atoms with van der Waals surface area (Å²) >= 11 is 4.55. The number of imide groups is 1. The lowest BCUT2D eigenvalue weighted by atomic mass is 9.81. The molecule has 1 saturated heterocycles. The van der Waals surface area contributed by atoms with E-state index in [1.165, 1.54) is 25.7 Å². The van der Waals surface area contributed by atoms with E-state index in [9.17, 15) is 9.59 Å². The molecule has 2 saturated carbocycles. The van der Waals surface area contributed by atoms with Crippen molar-refractivity contribution in [3.05, 3.63) is 0 Å². The van der Waals surface area contributed by atoms with E-state index in [0.717, 1.165) is 18.6 Å². The minimum absolute atomic E-state index is 0.0438. The van der Waals surface area contributed by atoms with Crippen molar-refractivity contribution in [2.24, 2.45) is 22.7 Å². The Bertz CT molecular complexity index is 414. The first-order chi connectivity index (χ1) is 9.43. The fraction of sp³-hybridized carbons (Fsp3) is 0.875. The summed E-state index contributed by atoms with van der Waals surface area (Å²) in [5.41, 5.74) is -0.0336. The van der Waals surface area contributed by atoms with E-state index in [1.807, 2.05) is 13.8 Å². The molecule has 3 aliphatic rings. The SMILES string of the molecule is CC1(C)C2C(=O)N(CC3(CS)CCCCCC3)C(=O)C21. The van der Waals surface area contributed by atoms with Crippen LogP contribution < -0.4 is 0 Å². The Kier molecular flexibility index (Phi) is 3.43. The van der Waals surface area contributed by atoms with E-state index in [4.69, 9.17) is 0 Å². The number of piperidine rings is 1. The average molecular weight is 295 g/mol. The van der Waals surface area contributed by atoms with Gasteiger partial charge in [-0.1, -0.05) is 39.5 Å². The summed E-state index contributed by atoms with van der Waals surface area (Å²) in [7, 11) is 0. The monoisotopic (exact) mass is 295 g/mol. The standard InChI is InChI=1S/C16H25NO2S/c1-15(2)11-12(15)14(19)17(13(11)18)9-16(10-20)7-5-3-4-6-8-16/h11-12,20H,3-10H2,1-2H3. The van der Waals surface area contributed by atoms with Crippen LogP contribution in [0.3, 0.4) is 0 Å². The molecule has 0 aromatic heterocycles. The van der Waals surface area contributed by atoms with Gasteiger partial charge in [-0.15, -0.1) is 0 Å². The third-order valence-electron chi connectivity index (χ3n) is 5.88. The first-order valence-corrected chi connectivity index (χ1v) is 8.52. The number of fused-ring (bicyclic) bond motifs is 1. The van der Waals surface area contributed by atoms with E-state index in [-0.39, 0.29) is 34.5 Å². The van der Waals surface area contributed by atoms with Crippen molar-refractivity contribution in [3.63, 3.8) is 0 Å². The van der Waals surface area contributed by atoms with E-state index in [0.29, 0.717) is 6.54 Å². The molecule has 2 amide bonds. The number of carbonyl (C=O) groups excluding carboxylic acids is 2. The van der Waals surface area contributed by atoms with Crippen molar-refractivity contribution in [1.82, 2.24) is 4.90 Å². The van der Waals surface area contributed by atoms with Gasteiger partial charge in [0, 0.05) is 6.54 Å². The predicted octanol–water partition coefficient (Wildman–Crippen LogP) is 2.90. The highest BCUT2D eigenvalue weighted by molar-refractivity contribution is 7.80. The molecule has 2 unspecified atom stereocenters. The van der Waals surface area contributed by atoms with Gasteiger partial charge in [0.1, 0.15) is 0 Å². The maximum absolute atomic E-state index is 12.5. The fourth-order valence-corrected chi connectivity index (χ4v) is 4.76. The molecule has 0 radical (unpaired) electrons. The van der Waals surface area contributed by atoms with Gasteiger partial charge in [0.2, 0.25) is 11.8 Å². The molecule has 20 heavy (non-hydrogen) atoms. The van der Waals surface area contributed by atoms with Crippen LogP contribution in [-0.2, 0) is 9.59 Å². The van der Waals surface area contributed by atoms with Crippen LogP contribution in [0.15, 0.2) is 0 Å². The molecule has 1 heterocycles. The second-order valence-electron chi connectivity index (χ2n) is 7.61. The maximum Gasteiger partial charge on any atom is 0.233 e. The summed E-state index contributed by atoms with van der Waals surface area (Å²) in [5, 5.41) is 0. The quantitative estimate of drug-likeness (QED) is 0.494. The topological polar surface area (TPSA) is 37.4 Å². The summed E-state index contributed by atoms with van der Waals surface area (Å²) in [6, 6.07) is 0. The third kappa shape index (κ3) is 2.02. The zero-order valence-corrected chi connectivity index (χ0v) is 13.4. The molecule has 2 atom stereocenters. The van der Waals surface area contributed by atoms with Crippen molar-refractivity contribution in [1.29, 1.82) is 0 Å². The molecule has 112 valence electrons. The smallest absolute Gasteiger partial charge is 0.233 e. The second kappa shape index (κ2) is 4.75. The largest absolute Gasteiger partial charge is 0.281 e. The summed E-state index contributed by atoms with van der Waals surface area (Å²) in [4.78, 5) is 26.5. The van der Waals surface area contributed by atoms with Gasteiger partial charge in [0.25, 0.3) is 0 Å². The van der Waals surface area contributed by atoms with Crippen LogP contribution in [-0.4, -0.2) is 29.0 Å². The zero-order chi connectivity index (χ0) is 14.5. The minimum Gasteiger partial charge on any atom is -0.281 e. The lowest BCUT2D eigenvalue weighted by Gasteiger charge is -2.35. The molecule has 0 N–H and O–H groups in total. The number of likely N-dealkylation sites (tertiary alicyclic amines) is 1. The maximum atomic E-state index is 12.5. The number of carbonyl (C=O) groups is 2. The van der Waals surface area contributed by atoms with E-state index in [1.54, 1.807) is 4.90 Å².